The fraction of sp³-hybridized carbons (Fsp3) is 0.222. The number of anilines is 1. The number of hydrogen-bond acceptors (Lipinski definition) is 6. The Hall–Kier alpha value is -4.36. The van der Waals surface area contributed by atoms with Gasteiger partial charge < -0.3 is 14.5 Å². The first-order valence-electron chi connectivity index (χ1n) is 11.9. The van der Waals surface area contributed by atoms with E-state index in [0.717, 1.165) is 9.54 Å². The summed E-state index contributed by atoms with van der Waals surface area (Å²) in [6, 6.07) is 19.4. The van der Waals surface area contributed by atoms with Gasteiger partial charge in [0.15, 0.2) is 5.65 Å². The molecular formula is C27H23N5O4S. The quantitative estimate of drug-likeness (QED) is 0.370. The summed E-state index contributed by atoms with van der Waals surface area (Å²) in [6.45, 7) is 9.63. The molecule has 186 valence electrons. The summed E-state index contributed by atoms with van der Waals surface area (Å²) in [4.78, 5) is 24.7. The number of carbonyl (C=O) groups is 1. The number of benzene rings is 2. The number of likely N-dealkylation sites (tertiary alicyclic amines) is 1. The second-order valence-electron chi connectivity index (χ2n) is 9.20. The van der Waals surface area contributed by atoms with Crippen molar-refractivity contribution >= 4 is 38.5 Å². The summed E-state index contributed by atoms with van der Waals surface area (Å²) in [5.41, 5.74) is 2.20. The highest BCUT2D eigenvalue weighted by Crippen LogP contribution is 2.44. The van der Waals surface area contributed by atoms with E-state index in [-0.39, 0.29) is 35.2 Å². The SMILES string of the molecule is [C-]#[N+]c1cnc2c(ccn2S(=O)(=O)c2ccccc2)c1N1CC2CN(C(=O)OCc3ccccc3)CC21. The minimum atomic E-state index is -3.85. The molecule has 2 aromatic heterocycles. The summed E-state index contributed by atoms with van der Waals surface area (Å²) >= 11 is 0. The summed E-state index contributed by atoms with van der Waals surface area (Å²) in [5, 5.41) is 0.594. The molecule has 0 spiro atoms. The van der Waals surface area contributed by atoms with Crippen LogP contribution in [0.4, 0.5) is 16.2 Å². The van der Waals surface area contributed by atoms with Crippen molar-refractivity contribution in [3.63, 3.8) is 0 Å². The zero-order valence-corrected chi connectivity index (χ0v) is 20.6. The number of amides is 1. The fourth-order valence-electron chi connectivity index (χ4n) is 5.18. The van der Waals surface area contributed by atoms with Gasteiger partial charge in [-0.2, -0.15) is 0 Å². The Morgan fingerprint density at radius 1 is 1.03 bits per heavy atom. The van der Waals surface area contributed by atoms with Gasteiger partial charge in [0.1, 0.15) is 6.61 Å². The first-order valence-corrected chi connectivity index (χ1v) is 13.3. The lowest BCUT2D eigenvalue weighted by Crippen LogP contribution is -2.56. The van der Waals surface area contributed by atoms with Gasteiger partial charge in [-0.1, -0.05) is 48.5 Å². The Labute approximate surface area is 214 Å². The lowest BCUT2D eigenvalue weighted by Gasteiger charge is -2.46. The Morgan fingerprint density at radius 3 is 2.49 bits per heavy atom. The van der Waals surface area contributed by atoms with Crippen LogP contribution in [0.5, 0.6) is 0 Å². The zero-order chi connectivity index (χ0) is 25.6. The molecule has 4 heterocycles. The first kappa shape index (κ1) is 23.1. The molecule has 0 N–H and O–H groups in total. The third-order valence-corrected chi connectivity index (χ3v) is 8.72. The number of nitrogens with zero attached hydrogens (tertiary/aromatic N) is 5. The minimum Gasteiger partial charge on any atom is -0.445 e. The van der Waals surface area contributed by atoms with Crippen LogP contribution in [-0.4, -0.2) is 54.0 Å². The number of aromatic nitrogens is 2. The predicted octanol–water partition coefficient (Wildman–Crippen LogP) is 4.28. The van der Waals surface area contributed by atoms with E-state index in [4.69, 9.17) is 11.3 Å². The smallest absolute Gasteiger partial charge is 0.410 e. The Balaban J connectivity index is 1.26. The molecule has 2 fully saturated rings. The molecule has 2 aliphatic rings. The van der Waals surface area contributed by atoms with E-state index in [1.165, 1.54) is 12.4 Å². The van der Waals surface area contributed by atoms with Crippen molar-refractivity contribution in [3.8, 4) is 0 Å². The van der Waals surface area contributed by atoms with E-state index in [1.807, 2.05) is 30.3 Å². The fourth-order valence-corrected chi connectivity index (χ4v) is 6.50. The van der Waals surface area contributed by atoms with E-state index in [1.54, 1.807) is 41.3 Å². The van der Waals surface area contributed by atoms with Gasteiger partial charge in [0.25, 0.3) is 10.0 Å². The first-order chi connectivity index (χ1) is 18.0. The molecule has 2 aromatic carbocycles. The number of ether oxygens (including phenoxy) is 1. The van der Waals surface area contributed by atoms with Crippen LogP contribution in [0.2, 0.25) is 0 Å². The van der Waals surface area contributed by atoms with Crippen LogP contribution in [0.1, 0.15) is 5.56 Å². The second kappa shape index (κ2) is 8.94. The molecule has 2 atom stereocenters. The lowest BCUT2D eigenvalue weighted by molar-refractivity contribution is 0.103. The topological polar surface area (TPSA) is 89.1 Å². The number of rotatable bonds is 5. The molecule has 0 bridgehead atoms. The normalized spacial score (nSPS) is 18.8. The van der Waals surface area contributed by atoms with Crippen molar-refractivity contribution in [2.45, 2.75) is 17.5 Å². The van der Waals surface area contributed by atoms with E-state index < -0.39 is 10.0 Å². The summed E-state index contributed by atoms with van der Waals surface area (Å²) < 4.78 is 33.2. The molecule has 37 heavy (non-hydrogen) atoms. The van der Waals surface area contributed by atoms with E-state index in [2.05, 4.69) is 14.7 Å². The maximum atomic E-state index is 13.3. The monoisotopic (exact) mass is 513 g/mol. The van der Waals surface area contributed by atoms with Crippen LogP contribution in [-0.2, 0) is 21.4 Å². The summed E-state index contributed by atoms with van der Waals surface area (Å²) in [6.07, 6.45) is 2.55. The van der Waals surface area contributed by atoms with Crippen molar-refractivity contribution in [3.05, 3.63) is 96.1 Å². The third-order valence-electron chi connectivity index (χ3n) is 7.04. The lowest BCUT2D eigenvalue weighted by atomic mass is 9.90. The molecule has 10 heteroatoms. The highest BCUT2D eigenvalue weighted by molar-refractivity contribution is 7.90. The van der Waals surface area contributed by atoms with Crippen LogP contribution in [0, 0.1) is 12.5 Å². The van der Waals surface area contributed by atoms with Gasteiger partial charge in [-0.15, -0.1) is 0 Å². The molecule has 4 aromatic rings. The Morgan fingerprint density at radius 2 is 1.76 bits per heavy atom. The Kier molecular flexibility index (Phi) is 5.57. The molecule has 0 saturated carbocycles. The number of hydrogen-bond donors (Lipinski definition) is 0. The maximum absolute atomic E-state index is 13.3. The van der Waals surface area contributed by atoms with Crippen molar-refractivity contribution in [2.75, 3.05) is 24.5 Å². The van der Waals surface area contributed by atoms with Gasteiger partial charge in [0, 0.05) is 43.3 Å². The van der Waals surface area contributed by atoms with Crippen molar-refractivity contribution < 1.29 is 17.9 Å². The molecule has 2 unspecified atom stereocenters. The molecule has 0 radical (unpaired) electrons. The molecule has 9 nitrogen and oxygen atoms in total. The largest absolute Gasteiger partial charge is 0.445 e. The van der Waals surface area contributed by atoms with Crippen molar-refractivity contribution in [1.29, 1.82) is 0 Å². The van der Waals surface area contributed by atoms with Crippen LogP contribution < -0.4 is 4.90 Å². The van der Waals surface area contributed by atoms with Gasteiger partial charge in [0.05, 0.1) is 23.2 Å². The number of fused-ring (bicyclic) bond motifs is 2. The van der Waals surface area contributed by atoms with Gasteiger partial charge in [-0.25, -0.2) is 27.0 Å². The molecule has 6 rings (SSSR count). The molecular weight excluding hydrogens is 490 g/mol. The summed E-state index contributed by atoms with van der Waals surface area (Å²) in [5.74, 6) is 0.251. The second-order valence-corrected chi connectivity index (χ2v) is 11.0. The number of pyridine rings is 1. The molecule has 0 aliphatic carbocycles. The van der Waals surface area contributed by atoms with Crippen LogP contribution in [0.3, 0.4) is 0 Å². The van der Waals surface area contributed by atoms with Crippen molar-refractivity contribution in [2.24, 2.45) is 5.92 Å². The van der Waals surface area contributed by atoms with Gasteiger partial charge in [-0.05, 0) is 23.8 Å². The van der Waals surface area contributed by atoms with Crippen molar-refractivity contribution in [1.82, 2.24) is 13.9 Å². The zero-order valence-electron chi connectivity index (χ0n) is 19.8. The highest BCUT2D eigenvalue weighted by Gasteiger charge is 2.48. The standard InChI is InChI=1S/C27H23N5O4S/c1-28-23-14-29-26-22(12-13-32(26)37(34,35)21-10-6-3-7-11-21)25(23)31-16-20-15-30(17-24(20)31)27(33)36-18-19-8-4-2-5-9-19/h2-14,20,24H,15-18H2. The minimum absolute atomic E-state index is 0.0180. The third kappa shape index (κ3) is 3.88. The van der Waals surface area contributed by atoms with Crippen LogP contribution in [0.25, 0.3) is 15.9 Å². The van der Waals surface area contributed by atoms with Gasteiger partial charge in [-0.3, -0.25) is 0 Å². The average molecular weight is 514 g/mol. The van der Waals surface area contributed by atoms with Crippen LogP contribution >= 0.6 is 0 Å². The van der Waals surface area contributed by atoms with Gasteiger partial charge >= 0.3 is 6.09 Å². The van der Waals surface area contributed by atoms with Crippen LogP contribution in [0.15, 0.2) is 84.0 Å². The van der Waals surface area contributed by atoms with E-state index in [9.17, 15) is 13.2 Å². The number of carbonyl (C=O) groups excluding carboxylic acids is 1. The van der Waals surface area contributed by atoms with E-state index in [0.29, 0.717) is 36.4 Å². The summed E-state index contributed by atoms with van der Waals surface area (Å²) in [7, 11) is -3.85. The van der Waals surface area contributed by atoms with E-state index >= 15 is 0 Å². The molecule has 2 saturated heterocycles. The highest BCUT2D eigenvalue weighted by atomic mass is 32.2. The molecule has 1 amide bonds. The Bertz CT molecular complexity index is 1630. The predicted molar refractivity (Wildman–Crippen MR) is 138 cm³/mol. The van der Waals surface area contributed by atoms with Gasteiger partial charge in [0.2, 0.25) is 5.69 Å². The average Bonchev–Trinajstić information content (AvgIpc) is 3.51. The molecule has 2 aliphatic heterocycles. The maximum Gasteiger partial charge on any atom is 0.410 e.